The largest absolute Gasteiger partial charge is 0.384 e. The third-order valence-corrected chi connectivity index (χ3v) is 1.44. The molecule has 1 aromatic heterocycles. The average molecular weight is 182 g/mol. The van der Waals surface area contributed by atoms with Crippen LogP contribution in [-0.4, -0.2) is 18.1 Å². The zero-order valence-corrected chi connectivity index (χ0v) is 7.05. The summed E-state index contributed by atoms with van der Waals surface area (Å²) in [7, 11) is 1.63. The minimum Gasteiger partial charge on any atom is -0.384 e. The number of nitrogens with one attached hydrogen (secondary N) is 3. The molecule has 0 aromatic carbocycles. The molecule has 0 aliphatic rings. The quantitative estimate of drug-likeness (QED) is 0.514. The van der Waals surface area contributed by atoms with Crippen LogP contribution in [-0.2, 0) is 0 Å². The molecule has 0 saturated heterocycles. The Labute approximate surface area is 74.1 Å². The molecule has 2 amide bonds. The van der Waals surface area contributed by atoms with Crippen LogP contribution in [0.25, 0.3) is 0 Å². The highest BCUT2D eigenvalue weighted by Crippen LogP contribution is 2.02. The highest BCUT2D eigenvalue weighted by atomic mass is 16.2. The van der Waals surface area contributed by atoms with Crippen molar-refractivity contribution >= 4 is 17.5 Å². The normalized spacial score (nSPS) is 9.31. The van der Waals surface area contributed by atoms with Crippen LogP contribution in [0.3, 0.4) is 0 Å². The summed E-state index contributed by atoms with van der Waals surface area (Å²) in [5.74, 6) is 0.275. The van der Waals surface area contributed by atoms with E-state index in [0.29, 0.717) is 5.69 Å². The zero-order valence-electron chi connectivity index (χ0n) is 7.05. The standard InChI is InChI=1S/C7H10N4O2/c1-9-4-2-3-5(10-6(4)12)11-7(8)13/h2-3,9H,1H3,(H4,8,10,11,12,13). The third-order valence-electron chi connectivity index (χ3n) is 1.44. The van der Waals surface area contributed by atoms with E-state index in [1.807, 2.05) is 0 Å². The van der Waals surface area contributed by atoms with Crippen LogP contribution in [0.2, 0.25) is 0 Å². The molecule has 0 saturated carbocycles. The van der Waals surface area contributed by atoms with Gasteiger partial charge in [-0.15, -0.1) is 0 Å². The van der Waals surface area contributed by atoms with Crippen LogP contribution in [0.1, 0.15) is 0 Å². The number of carbonyl (C=O) groups excluding carboxylic acids is 1. The van der Waals surface area contributed by atoms with Crippen molar-refractivity contribution < 1.29 is 4.79 Å². The lowest BCUT2D eigenvalue weighted by atomic mass is 10.4. The molecular weight excluding hydrogens is 172 g/mol. The molecule has 1 heterocycles. The molecule has 0 aliphatic carbocycles. The maximum absolute atomic E-state index is 11.1. The van der Waals surface area contributed by atoms with Crippen molar-refractivity contribution in [2.24, 2.45) is 5.73 Å². The van der Waals surface area contributed by atoms with Crippen molar-refractivity contribution in [2.75, 3.05) is 17.7 Å². The maximum Gasteiger partial charge on any atom is 0.317 e. The predicted octanol–water partition coefficient (Wildman–Crippen LogP) is -0.0928. The van der Waals surface area contributed by atoms with Crippen molar-refractivity contribution in [3.8, 4) is 0 Å². The second-order valence-electron chi connectivity index (χ2n) is 2.35. The highest BCUT2D eigenvalue weighted by molar-refractivity contribution is 5.86. The predicted molar refractivity (Wildman–Crippen MR) is 49.8 cm³/mol. The summed E-state index contributed by atoms with van der Waals surface area (Å²) in [4.78, 5) is 24.0. The summed E-state index contributed by atoms with van der Waals surface area (Å²) in [6, 6.07) is 2.37. The Morgan fingerprint density at radius 1 is 1.54 bits per heavy atom. The van der Waals surface area contributed by atoms with E-state index >= 15 is 0 Å². The molecule has 1 rings (SSSR count). The number of aromatic amines is 1. The van der Waals surface area contributed by atoms with Gasteiger partial charge in [0.2, 0.25) is 0 Å². The lowest BCUT2D eigenvalue weighted by Gasteiger charge is -2.02. The number of H-pyrrole nitrogens is 1. The van der Waals surface area contributed by atoms with Gasteiger partial charge in [-0.1, -0.05) is 0 Å². The van der Waals surface area contributed by atoms with Gasteiger partial charge in [0.1, 0.15) is 11.5 Å². The van der Waals surface area contributed by atoms with Crippen LogP contribution in [0, 0.1) is 0 Å². The second kappa shape index (κ2) is 3.61. The fourth-order valence-corrected chi connectivity index (χ4v) is 0.876. The lowest BCUT2D eigenvalue weighted by Crippen LogP contribution is -2.22. The Hall–Kier alpha value is -1.98. The number of nitrogens with two attached hydrogens (primary N) is 1. The zero-order chi connectivity index (χ0) is 9.84. The van der Waals surface area contributed by atoms with Crippen molar-refractivity contribution in [1.29, 1.82) is 0 Å². The number of primary amides is 1. The smallest absolute Gasteiger partial charge is 0.317 e. The average Bonchev–Trinajstić information content (AvgIpc) is 2.03. The van der Waals surface area contributed by atoms with Crippen molar-refractivity contribution in [3.05, 3.63) is 22.5 Å². The molecule has 6 heteroatoms. The molecule has 1 aromatic rings. The summed E-state index contributed by atoms with van der Waals surface area (Å²) in [5, 5.41) is 4.94. The fourth-order valence-electron chi connectivity index (χ4n) is 0.876. The van der Waals surface area contributed by atoms with Gasteiger partial charge in [0.15, 0.2) is 0 Å². The molecule has 5 N–H and O–H groups in total. The molecule has 6 nitrogen and oxygen atoms in total. The molecule has 0 unspecified atom stereocenters. The molecule has 0 radical (unpaired) electrons. The Balaban J connectivity index is 2.96. The topological polar surface area (TPSA) is 100 Å². The maximum atomic E-state index is 11.1. The molecule has 0 atom stereocenters. The number of hydrogen-bond acceptors (Lipinski definition) is 3. The third kappa shape index (κ3) is 2.22. The Morgan fingerprint density at radius 3 is 2.69 bits per heavy atom. The van der Waals surface area contributed by atoms with E-state index in [4.69, 9.17) is 5.73 Å². The van der Waals surface area contributed by atoms with Gasteiger partial charge in [0, 0.05) is 7.05 Å². The van der Waals surface area contributed by atoms with Crippen molar-refractivity contribution in [3.63, 3.8) is 0 Å². The van der Waals surface area contributed by atoms with Gasteiger partial charge < -0.3 is 16.0 Å². The van der Waals surface area contributed by atoms with E-state index in [2.05, 4.69) is 15.6 Å². The van der Waals surface area contributed by atoms with E-state index in [0.717, 1.165) is 0 Å². The molecule has 70 valence electrons. The summed E-state index contributed by atoms with van der Waals surface area (Å²) >= 11 is 0. The Morgan fingerprint density at radius 2 is 2.23 bits per heavy atom. The van der Waals surface area contributed by atoms with E-state index in [-0.39, 0.29) is 11.4 Å². The molecule has 0 fully saturated rings. The first kappa shape index (κ1) is 9.11. The number of rotatable bonds is 2. The van der Waals surface area contributed by atoms with Crippen LogP contribution < -0.4 is 21.9 Å². The molecule has 0 aliphatic heterocycles. The van der Waals surface area contributed by atoms with Crippen molar-refractivity contribution in [1.82, 2.24) is 4.98 Å². The Kier molecular flexibility index (Phi) is 2.53. The first-order chi connectivity index (χ1) is 6.13. The number of amides is 2. The fraction of sp³-hybridized carbons (Fsp3) is 0.143. The van der Waals surface area contributed by atoms with Crippen LogP contribution in [0.15, 0.2) is 16.9 Å². The SMILES string of the molecule is CNc1ccc(NC(N)=O)[nH]c1=O. The number of carbonyl (C=O) groups is 1. The van der Waals surface area contributed by atoms with E-state index in [1.54, 1.807) is 13.1 Å². The minimum atomic E-state index is -0.715. The number of aromatic nitrogens is 1. The lowest BCUT2D eigenvalue weighted by molar-refractivity contribution is 0.259. The van der Waals surface area contributed by atoms with Gasteiger partial charge in [0.05, 0.1) is 0 Å². The van der Waals surface area contributed by atoms with E-state index < -0.39 is 6.03 Å². The summed E-state index contributed by atoms with van der Waals surface area (Å²) in [5.41, 5.74) is 4.97. The molecule has 13 heavy (non-hydrogen) atoms. The van der Waals surface area contributed by atoms with Gasteiger partial charge in [-0.2, -0.15) is 0 Å². The van der Waals surface area contributed by atoms with Crippen molar-refractivity contribution in [2.45, 2.75) is 0 Å². The molecular formula is C7H10N4O2. The van der Waals surface area contributed by atoms with Gasteiger partial charge in [-0.05, 0) is 12.1 Å². The van der Waals surface area contributed by atoms with Crippen LogP contribution >= 0.6 is 0 Å². The monoisotopic (exact) mass is 182 g/mol. The first-order valence-corrected chi connectivity index (χ1v) is 3.61. The van der Waals surface area contributed by atoms with Gasteiger partial charge >= 0.3 is 6.03 Å². The van der Waals surface area contributed by atoms with E-state index in [9.17, 15) is 9.59 Å². The second-order valence-corrected chi connectivity index (χ2v) is 2.35. The van der Waals surface area contributed by atoms with Crippen LogP contribution in [0.4, 0.5) is 16.3 Å². The number of hydrogen-bond donors (Lipinski definition) is 4. The van der Waals surface area contributed by atoms with Gasteiger partial charge in [-0.3, -0.25) is 10.1 Å². The van der Waals surface area contributed by atoms with Gasteiger partial charge in [-0.25, -0.2) is 4.79 Å². The number of pyridine rings is 1. The highest BCUT2D eigenvalue weighted by Gasteiger charge is 1.99. The number of urea groups is 1. The first-order valence-electron chi connectivity index (χ1n) is 3.61. The summed E-state index contributed by atoms with van der Waals surface area (Å²) < 4.78 is 0. The van der Waals surface area contributed by atoms with Gasteiger partial charge in [0.25, 0.3) is 5.56 Å². The van der Waals surface area contributed by atoms with Crippen LogP contribution in [0.5, 0.6) is 0 Å². The molecule has 0 spiro atoms. The molecule has 0 bridgehead atoms. The summed E-state index contributed by atoms with van der Waals surface area (Å²) in [6.07, 6.45) is 0. The minimum absolute atomic E-state index is 0.275. The summed E-state index contributed by atoms with van der Waals surface area (Å²) in [6.45, 7) is 0. The number of anilines is 2. The van der Waals surface area contributed by atoms with E-state index in [1.165, 1.54) is 6.07 Å². The Bertz CT molecular complexity index is 371.